The van der Waals surface area contributed by atoms with Gasteiger partial charge in [-0.05, 0) is 124 Å². The van der Waals surface area contributed by atoms with E-state index < -0.39 is 0 Å². The average molecular weight is 695 g/mol. The van der Waals surface area contributed by atoms with Crippen LogP contribution in [0.1, 0.15) is 5.56 Å². The van der Waals surface area contributed by atoms with Gasteiger partial charge in [0, 0.05) is 16.5 Å². The molecule has 1 aromatic heterocycles. The van der Waals surface area contributed by atoms with E-state index in [9.17, 15) is 5.26 Å². The van der Waals surface area contributed by atoms with Crippen LogP contribution in [0.15, 0.2) is 182 Å². The molecule has 11 aromatic carbocycles. The number of rotatable bonds is 4. The summed E-state index contributed by atoms with van der Waals surface area (Å²) in [5.41, 5.74) is 11.3. The van der Waals surface area contributed by atoms with Crippen molar-refractivity contribution in [3.8, 4) is 45.1 Å². The van der Waals surface area contributed by atoms with Gasteiger partial charge < -0.3 is 4.57 Å². The van der Waals surface area contributed by atoms with Crippen molar-refractivity contribution in [1.82, 2.24) is 4.57 Å². The fourth-order valence-electron chi connectivity index (χ4n) is 9.53. The predicted octanol–water partition coefficient (Wildman–Crippen LogP) is 14.3. The van der Waals surface area contributed by atoms with Crippen LogP contribution in [0.3, 0.4) is 0 Å². The Morgan fingerprint density at radius 2 is 0.836 bits per heavy atom. The Morgan fingerprint density at radius 3 is 1.55 bits per heavy atom. The van der Waals surface area contributed by atoms with Crippen LogP contribution in [0.5, 0.6) is 0 Å². The number of nitrogens with zero attached hydrogens (tertiary/aromatic N) is 2. The lowest BCUT2D eigenvalue weighted by molar-refractivity contribution is 1.18. The smallest absolute Gasteiger partial charge is 0.0992 e. The summed E-state index contributed by atoms with van der Waals surface area (Å²) in [5, 5.41) is 24.9. The molecule has 0 bridgehead atoms. The summed E-state index contributed by atoms with van der Waals surface area (Å²) in [5.74, 6) is 0. The Hall–Kier alpha value is -7.47. The van der Waals surface area contributed by atoms with Crippen molar-refractivity contribution in [3.05, 3.63) is 188 Å². The maximum Gasteiger partial charge on any atom is 0.0992 e. The van der Waals surface area contributed by atoms with Gasteiger partial charge >= 0.3 is 0 Å². The van der Waals surface area contributed by atoms with Crippen LogP contribution in [0.25, 0.3) is 115 Å². The molecular weight excluding hydrogens is 665 g/mol. The van der Waals surface area contributed by atoms with Gasteiger partial charge in [0.1, 0.15) is 0 Å². The zero-order valence-corrected chi connectivity index (χ0v) is 29.7. The summed E-state index contributed by atoms with van der Waals surface area (Å²) in [6.45, 7) is 0. The molecule has 12 aromatic rings. The van der Waals surface area contributed by atoms with E-state index in [4.69, 9.17) is 0 Å². The van der Waals surface area contributed by atoms with Gasteiger partial charge in [0.05, 0.1) is 22.7 Å². The number of para-hydroxylation sites is 1. The fraction of sp³-hybridized carbons (Fsp3) is 0. The van der Waals surface area contributed by atoms with Gasteiger partial charge in [0.15, 0.2) is 0 Å². The third-order valence-electron chi connectivity index (χ3n) is 11.9. The molecule has 0 aliphatic rings. The van der Waals surface area contributed by atoms with E-state index in [0.29, 0.717) is 5.56 Å². The summed E-state index contributed by atoms with van der Waals surface area (Å²) in [6, 6.07) is 68.7. The third-order valence-corrected chi connectivity index (χ3v) is 11.9. The lowest BCUT2D eigenvalue weighted by Gasteiger charge is -2.18. The molecule has 55 heavy (non-hydrogen) atoms. The first kappa shape index (κ1) is 30.0. The van der Waals surface area contributed by atoms with E-state index in [1.165, 1.54) is 92.6 Å². The molecule has 0 aliphatic heterocycles. The van der Waals surface area contributed by atoms with Crippen molar-refractivity contribution in [2.24, 2.45) is 0 Å². The highest BCUT2D eigenvalue weighted by Crippen LogP contribution is 2.46. The second-order valence-corrected chi connectivity index (χ2v) is 14.8. The molecule has 0 saturated heterocycles. The van der Waals surface area contributed by atoms with Crippen LogP contribution >= 0.6 is 0 Å². The normalized spacial score (nSPS) is 12.0. The molecule has 0 atom stereocenters. The molecule has 0 aliphatic carbocycles. The van der Waals surface area contributed by atoms with Crippen LogP contribution in [0.2, 0.25) is 0 Å². The molecular formula is C53H30N2. The van der Waals surface area contributed by atoms with Crippen molar-refractivity contribution in [2.75, 3.05) is 0 Å². The highest BCUT2D eigenvalue weighted by Gasteiger charge is 2.21. The van der Waals surface area contributed by atoms with Crippen LogP contribution in [0.4, 0.5) is 0 Å². The van der Waals surface area contributed by atoms with E-state index in [2.05, 4.69) is 180 Å². The van der Waals surface area contributed by atoms with Gasteiger partial charge in [-0.15, -0.1) is 0 Å². The summed E-state index contributed by atoms with van der Waals surface area (Å²) >= 11 is 0. The Labute approximate surface area is 317 Å². The zero-order valence-electron chi connectivity index (χ0n) is 29.7. The Balaban J connectivity index is 1.10. The SMILES string of the molecule is N#Cc1cc2ccc3cc(-c4ccc(-c5ccc6ccc7c(-c8ccccc8)ccc8ccc5c6c87)c5ccccc45)cc4c3c2c(c1)n4-c1ccccc1. The second kappa shape index (κ2) is 11.3. The first-order valence-electron chi connectivity index (χ1n) is 18.8. The summed E-state index contributed by atoms with van der Waals surface area (Å²) in [7, 11) is 0. The van der Waals surface area contributed by atoms with Gasteiger partial charge in [0.25, 0.3) is 0 Å². The standard InChI is InChI=1S/C53H30N2/c54-31-32-27-36-15-16-37-29-38(30-49-53(37)52(36)48(28-32)55(49)39-11-5-2-6-12-39)41-25-26-44(43-14-8-7-13-42(41)43)45-22-18-35-19-23-46-40(33-9-3-1-4-10-33)21-17-34-20-24-47(45)51(35)50(34)46/h1-30H. The van der Waals surface area contributed by atoms with E-state index in [1.807, 2.05) is 12.1 Å². The molecule has 0 amide bonds. The highest BCUT2D eigenvalue weighted by molar-refractivity contribution is 6.29. The highest BCUT2D eigenvalue weighted by atomic mass is 15.0. The van der Waals surface area contributed by atoms with Crippen molar-refractivity contribution < 1.29 is 0 Å². The van der Waals surface area contributed by atoms with Gasteiger partial charge in [-0.2, -0.15) is 5.26 Å². The molecule has 0 unspecified atom stereocenters. The lowest BCUT2D eigenvalue weighted by Crippen LogP contribution is -1.94. The number of hydrogen-bond acceptors (Lipinski definition) is 1. The molecule has 252 valence electrons. The molecule has 2 nitrogen and oxygen atoms in total. The molecule has 0 fully saturated rings. The minimum atomic E-state index is 0.667. The number of hydrogen-bond donors (Lipinski definition) is 0. The topological polar surface area (TPSA) is 28.7 Å². The molecule has 0 saturated carbocycles. The largest absolute Gasteiger partial charge is 0.309 e. The molecule has 0 spiro atoms. The molecule has 2 heteroatoms. The summed E-state index contributed by atoms with van der Waals surface area (Å²) < 4.78 is 2.33. The number of benzene rings is 11. The Kier molecular flexibility index (Phi) is 6.15. The molecule has 0 N–H and O–H groups in total. The minimum absolute atomic E-state index is 0.667. The number of aromatic nitrogens is 1. The maximum atomic E-state index is 9.97. The molecule has 1 heterocycles. The van der Waals surface area contributed by atoms with Crippen LogP contribution in [-0.2, 0) is 0 Å². The van der Waals surface area contributed by atoms with Crippen LogP contribution < -0.4 is 0 Å². The van der Waals surface area contributed by atoms with E-state index in [1.54, 1.807) is 0 Å². The maximum absolute atomic E-state index is 9.97. The first-order valence-corrected chi connectivity index (χ1v) is 18.8. The van der Waals surface area contributed by atoms with E-state index >= 15 is 0 Å². The van der Waals surface area contributed by atoms with Crippen molar-refractivity contribution >= 4 is 75.7 Å². The predicted molar refractivity (Wildman–Crippen MR) is 232 cm³/mol. The van der Waals surface area contributed by atoms with Gasteiger partial charge in [-0.1, -0.05) is 146 Å². The minimum Gasteiger partial charge on any atom is -0.309 e. The average Bonchev–Trinajstić information content (AvgIpc) is 3.59. The fourth-order valence-corrected chi connectivity index (χ4v) is 9.53. The lowest BCUT2D eigenvalue weighted by atomic mass is 9.85. The van der Waals surface area contributed by atoms with E-state index in [0.717, 1.165) is 22.1 Å². The number of fused-ring (bicyclic) bond motifs is 1. The third kappa shape index (κ3) is 4.24. The molecule has 0 radical (unpaired) electrons. The van der Waals surface area contributed by atoms with Gasteiger partial charge in [-0.3, -0.25) is 0 Å². The first-order chi connectivity index (χ1) is 27.2. The number of nitriles is 1. The van der Waals surface area contributed by atoms with Gasteiger partial charge in [-0.25, -0.2) is 0 Å². The Bertz CT molecular complexity index is 3530. The van der Waals surface area contributed by atoms with E-state index in [-0.39, 0.29) is 0 Å². The van der Waals surface area contributed by atoms with Crippen molar-refractivity contribution in [3.63, 3.8) is 0 Å². The van der Waals surface area contributed by atoms with Crippen LogP contribution in [-0.4, -0.2) is 4.57 Å². The van der Waals surface area contributed by atoms with Crippen LogP contribution in [0, 0.1) is 11.3 Å². The second-order valence-electron chi connectivity index (χ2n) is 14.8. The Morgan fingerprint density at radius 1 is 0.345 bits per heavy atom. The van der Waals surface area contributed by atoms with Gasteiger partial charge in [0.2, 0.25) is 0 Å². The quantitative estimate of drug-likeness (QED) is 0.169. The zero-order chi connectivity index (χ0) is 36.2. The van der Waals surface area contributed by atoms with Crippen molar-refractivity contribution in [1.29, 1.82) is 5.26 Å². The summed E-state index contributed by atoms with van der Waals surface area (Å²) in [4.78, 5) is 0. The van der Waals surface area contributed by atoms with Crippen molar-refractivity contribution in [2.45, 2.75) is 0 Å². The summed E-state index contributed by atoms with van der Waals surface area (Å²) in [6.07, 6.45) is 0. The molecule has 12 rings (SSSR count). The monoisotopic (exact) mass is 694 g/mol.